The van der Waals surface area contributed by atoms with E-state index in [0.717, 1.165) is 12.1 Å². The predicted molar refractivity (Wildman–Crippen MR) is 122 cm³/mol. The highest BCUT2D eigenvalue weighted by Crippen LogP contribution is 2.43. The van der Waals surface area contributed by atoms with Crippen molar-refractivity contribution in [3.05, 3.63) is 53.1 Å². The van der Waals surface area contributed by atoms with Gasteiger partial charge in [0.1, 0.15) is 28.1 Å². The maximum atomic E-state index is 14.8. The Morgan fingerprint density at radius 2 is 1.89 bits per heavy atom. The van der Waals surface area contributed by atoms with Crippen molar-refractivity contribution >= 4 is 39.0 Å². The number of nitrogens with one attached hydrogen (secondary N) is 1. The predicted octanol–water partition coefficient (Wildman–Crippen LogP) is 4.62. The first-order chi connectivity index (χ1) is 16.9. The van der Waals surface area contributed by atoms with Gasteiger partial charge in [0.15, 0.2) is 17.4 Å². The Kier molecular flexibility index (Phi) is 8.29. The molecule has 1 atom stereocenters. The molecule has 2 N–H and O–H groups in total. The van der Waals surface area contributed by atoms with E-state index >= 15 is 0 Å². The number of nitriles is 1. The third-order valence-corrected chi connectivity index (χ3v) is 8.69. The van der Waals surface area contributed by atoms with Crippen molar-refractivity contribution in [2.24, 2.45) is 0 Å². The lowest BCUT2D eigenvalue weighted by molar-refractivity contribution is 0.288. The van der Waals surface area contributed by atoms with E-state index in [1.807, 2.05) is 0 Å². The molecule has 0 saturated carbocycles. The normalized spacial score (nSPS) is 12.9. The molecule has 0 fully saturated rings. The first-order valence-corrected chi connectivity index (χ1v) is 13.8. The largest absolute Gasteiger partial charge is 0.486 e. The molecule has 15 heteroatoms. The van der Waals surface area contributed by atoms with Crippen LogP contribution in [0.3, 0.4) is 0 Å². The van der Waals surface area contributed by atoms with Crippen molar-refractivity contribution < 1.29 is 44.7 Å². The van der Waals surface area contributed by atoms with Crippen molar-refractivity contribution in [3.63, 3.8) is 0 Å². The van der Waals surface area contributed by atoms with Crippen molar-refractivity contribution in [1.29, 1.82) is 5.26 Å². The standard InChI is InChI=1S/C21H15F4N2O6PS2/c1-2-3-4-7-32-20-18(24)17(23)14-9-16(35-21(14)19(20)25)36(30,31)27-11-34(28,29)33-13-6-5-12(10-26)15(22)8-13/h5-6,8-9,27H,4,7,11H2,1H3,(H,28,29). The Balaban J connectivity index is 1.83. The molecule has 0 aliphatic heterocycles. The van der Waals surface area contributed by atoms with Crippen LogP contribution in [0.25, 0.3) is 10.1 Å². The van der Waals surface area contributed by atoms with Crippen LogP contribution in [-0.2, 0) is 14.6 Å². The minimum Gasteiger partial charge on any atom is -0.486 e. The second kappa shape index (κ2) is 10.9. The van der Waals surface area contributed by atoms with Crippen LogP contribution in [-0.4, -0.2) is 26.2 Å². The van der Waals surface area contributed by atoms with E-state index in [1.54, 1.807) is 17.7 Å². The van der Waals surface area contributed by atoms with E-state index in [9.17, 15) is 35.4 Å². The van der Waals surface area contributed by atoms with Crippen LogP contribution in [0.5, 0.6) is 11.5 Å². The van der Waals surface area contributed by atoms with Crippen LogP contribution < -0.4 is 14.0 Å². The van der Waals surface area contributed by atoms with Gasteiger partial charge >= 0.3 is 7.60 Å². The monoisotopic (exact) mass is 562 g/mol. The van der Waals surface area contributed by atoms with Gasteiger partial charge in [-0.3, -0.25) is 0 Å². The van der Waals surface area contributed by atoms with E-state index in [0.29, 0.717) is 12.1 Å². The van der Waals surface area contributed by atoms with Crippen molar-refractivity contribution in [3.8, 4) is 29.4 Å². The maximum Gasteiger partial charge on any atom is 0.391 e. The number of hydrogen-bond acceptors (Lipinski definition) is 7. The molecule has 0 aliphatic carbocycles. The molecule has 0 saturated heterocycles. The summed E-state index contributed by atoms with van der Waals surface area (Å²) >= 11 is 0.240. The lowest BCUT2D eigenvalue weighted by atomic mass is 10.2. The lowest BCUT2D eigenvalue weighted by Crippen LogP contribution is -2.25. The molecule has 1 heterocycles. The smallest absolute Gasteiger partial charge is 0.391 e. The first-order valence-electron chi connectivity index (χ1n) is 9.73. The summed E-state index contributed by atoms with van der Waals surface area (Å²) < 4.78 is 105. The zero-order chi connectivity index (χ0) is 26.7. The Labute approximate surface area is 206 Å². The summed E-state index contributed by atoms with van der Waals surface area (Å²) in [6.45, 7) is 1.30. The van der Waals surface area contributed by atoms with Crippen LogP contribution in [0.1, 0.15) is 18.9 Å². The van der Waals surface area contributed by atoms with E-state index < -0.39 is 73.0 Å². The number of benzene rings is 2. The number of rotatable bonds is 9. The highest BCUT2D eigenvalue weighted by molar-refractivity contribution is 7.92. The third-order valence-electron chi connectivity index (χ3n) is 4.42. The van der Waals surface area contributed by atoms with Gasteiger partial charge in [-0.1, -0.05) is 0 Å². The SMILES string of the molecule is CC#CCCOc1c(F)c(F)c2cc(S(=O)(=O)NCP(=O)(O)Oc3ccc(C#N)c(F)c3)sc2c1F. The van der Waals surface area contributed by atoms with Crippen LogP contribution in [0, 0.1) is 46.4 Å². The first kappa shape index (κ1) is 27.5. The van der Waals surface area contributed by atoms with Gasteiger partial charge in [-0.2, -0.15) is 14.4 Å². The number of hydrogen-bond donors (Lipinski definition) is 2. The zero-order valence-electron chi connectivity index (χ0n) is 18.1. The molecule has 190 valence electrons. The molecule has 0 aliphatic rings. The highest BCUT2D eigenvalue weighted by atomic mass is 32.2. The third kappa shape index (κ3) is 5.98. The maximum absolute atomic E-state index is 14.8. The lowest BCUT2D eigenvalue weighted by Gasteiger charge is -2.14. The summed E-state index contributed by atoms with van der Waals surface area (Å²) in [5.41, 5.74) is -0.348. The Morgan fingerprint density at radius 1 is 1.17 bits per heavy atom. The summed E-state index contributed by atoms with van der Waals surface area (Å²) in [4.78, 5) is 9.94. The van der Waals surface area contributed by atoms with Gasteiger partial charge in [0.05, 0.1) is 16.9 Å². The van der Waals surface area contributed by atoms with Crippen LogP contribution in [0.15, 0.2) is 28.5 Å². The van der Waals surface area contributed by atoms with E-state index in [1.165, 1.54) is 0 Å². The van der Waals surface area contributed by atoms with Crippen molar-refractivity contribution in [2.75, 3.05) is 12.9 Å². The Bertz CT molecular complexity index is 1590. The number of halogens is 4. The summed E-state index contributed by atoms with van der Waals surface area (Å²) in [5.74, 6) is -1.87. The minimum absolute atomic E-state index is 0.113. The van der Waals surface area contributed by atoms with Gasteiger partial charge in [-0.05, 0) is 25.1 Å². The molecule has 0 radical (unpaired) electrons. The molecule has 1 unspecified atom stereocenters. The summed E-state index contributed by atoms with van der Waals surface area (Å²) in [5, 5.41) is 8.04. The number of fused-ring (bicyclic) bond motifs is 1. The number of nitrogens with zero attached hydrogens (tertiary/aromatic N) is 1. The van der Waals surface area contributed by atoms with E-state index in [2.05, 4.69) is 11.8 Å². The number of ether oxygens (including phenoxy) is 1. The average molecular weight is 562 g/mol. The average Bonchev–Trinajstić information content (AvgIpc) is 3.28. The molecule has 0 amide bonds. The fourth-order valence-electron chi connectivity index (χ4n) is 2.78. The highest BCUT2D eigenvalue weighted by Gasteiger charge is 2.30. The fourth-order valence-corrected chi connectivity index (χ4v) is 6.72. The molecular formula is C21H15F4N2O6PS2. The van der Waals surface area contributed by atoms with E-state index in [-0.39, 0.29) is 29.9 Å². The van der Waals surface area contributed by atoms with Crippen molar-refractivity contribution in [2.45, 2.75) is 17.6 Å². The Hall–Kier alpha value is -3.13. The molecule has 2 aromatic carbocycles. The van der Waals surface area contributed by atoms with Crippen LogP contribution in [0.2, 0.25) is 0 Å². The van der Waals surface area contributed by atoms with Gasteiger partial charge in [0, 0.05) is 17.9 Å². The fraction of sp³-hybridized carbons (Fsp3) is 0.190. The molecule has 0 spiro atoms. The Morgan fingerprint density at radius 3 is 2.53 bits per heavy atom. The zero-order valence-corrected chi connectivity index (χ0v) is 20.7. The topological polar surface area (TPSA) is 126 Å². The summed E-state index contributed by atoms with van der Waals surface area (Å²) in [7, 11) is -9.36. The molecule has 36 heavy (non-hydrogen) atoms. The molecule has 0 bridgehead atoms. The molecule has 1 aromatic heterocycles. The molecule has 8 nitrogen and oxygen atoms in total. The van der Waals surface area contributed by atoms with E-state index in [4.69, 9.17) is 14.5 Å². The van der Waals surface area contributed by atoms with Gasteiger partial charge in [0.25, 0.3) is 10.0 Å². The molecule has 3 rings (SSSR count). The molecule has 3 aromatic rings. The van der Waals surface area contributed by atoms with Crippen LogP contribution in [0.4, 0.5) is 17.6 Å². The van der Waals surface area contributed by atoms with Gasteiger partial charge < -0.3 is 14.2 Å². The van der Waals surface area contributed by atoms with Gasteiger partial charge in [-0.15, -0.1) is 23.2 Å². The quantitative estimate of drug-likeness (QED) is 0.128. The van der Waals surface area contributed by atoms with Gasteiger partial charge in [-0.25, -0.2) is 26.2 Å². The number of sulfonamides is 1. The van der Waals surface area contributed by atoms with Crippen LogP contribution >= 0.6 is 18.9 Å². The number of thiophene rings is 1. The minimum atomic E-state index is -4.74. The van der Waals surface area contributed by atoms with Crippen molar-refractivity contribution in [1.82, 2.24) is 4.72 Å². The second-order valence-electron chi connectivity index (χ2n) is 6.89. The summed E-state index contributed by atoms with van der Waals surface area (Å²) in [6, 6.07) is 4.89. The van der Waals surface area contributed by atoms with Gasteiger partial charge in [0.2, 0.25) is 5.82 Å². The second-order valence-corrected chi connectivity index (χ2v) is 11.7. The summed E-state index contributed by atoms with van der Waals surface area (Å²) in [6.07, 6.45) is -1.08. The molecular weight excluding hydrogens is 547 g/mol.